The molecule has 0 bridgehead atoms. The number of rotatable bonds is 2. The van der Waals surface area contributed by atoms with Crippen LogP contribution in [-0.4, -0.2) is 29.3 Å². The fourth-order valence-electron chi connectivity index (χ4n) is 2.18. The van der Waals surface area contributed by atoms with E-state index < -0.39 is 0 Å². The molecule has 0 radical (unpaired) electrons. The molecular formula is C12H17ClN2O. The lowest BCUT2D eigenvalue weighted by molar-refractivity contribution is 0.110. The molecule has 1 aliphatic heterocycles. The summed E-state index contributed by atoms with van der Waals surface area (Å²) < 4.78 is 0. The average molecular weight is 241 g/mol. The van der Waals surface area contributed by atoms with Crippen molar-refractivity contribution in [2.45, 2.75) is 25.9 Å². The monoisotopic (exact) mass is 240 g/mol. The highest BCUT2D eigenvalue weighted by molar-refractivity contribution is 6.29. The highest BCUT2D eigenvalue weighted by atomic mass is 35.5. The lowest BCUT2D eigenvalue weighted by Crippen LogP contribution is -2.37. The smallest absolute Gasteiger partial charge is 0.131 e. The molecule has 1 saturated heterocycles. The third kappa shape index (κ3) is 2.66. The van der Waals surface area contributed by atoms with Gasteiger partial charge in [0.25, 0.3) is 0 Å². The van der Waals surface area contributed by atoms with Crippen molar-refractivity contribution in [2.75, 3.05) is 18.0 Å². The zero-order valence-corrected chi connectivity index (χ0v) is 10.2. The Balaban J connectivity index is 1.99. The first-order valence-electron chi connectivity index (χ1n) is 5.72. The van der Waals surface area contributed by atoms with Crippen molar-refractivity contribution in [2.24, 2.45) is 5.92 Å². The fourth-order valence-corrected chi connectivity index (χ4v) is 2.34. The van der Waals surface area contributed by atoms with E-state index in [4.69, 9.17) is 11.6 Å². The minimum atomic E-state index is -0.200. The maximum atomic E-state index is 9.52. The summed E-state index contributed by atoms with van der Waals surface area (Å²) in [6, 6.07) is 5.69. The van der Waals surface area contributed by atoms with Crippen molar-refractivity contribution in [3.05, 3.63) is 23.4 Å². The van der Waals surface area contributed by atoms with Crippen LogP contribution in [0.4, 0.5) is 5.82 Å². The molecule has 2 heterocycles. The molecule has 1 aliphatic rings. The molecule has 0 saturated carbocycles. The van der Waals surface area contributed by atoms with Gasteiger partial charge in [-0.1, -0.05) is 17.7 Å². The third-order valence-electron chi connectivity index (χ3n) is 3.25. The fraction of sp³-hybridized carbons (Fsp3) is 0.583. The second kappa shape index (κ2) is 5.02. The summed E-state index contributed by atoms with van der Waals surface area (Å²) in [4.78, 5) is 6.52. The molecule has 1 N–H and O–H groups in total. The number of hydrogen-bond donors (Lipinski definition) is 1. The van der Waals surface area contributed by atoms with Crippen molar-refractivity contribution in [1.29, 1.82) is 0 Å². The lowest BCUT2D eigenvalue weighted by Gasteiger charge is -2.34. The Bertz CT molecular complexity index is 349. The van der Waals surface area contributed by atoms with Crippen LogP contribution in [-0.2, 0) is 0 Å². The van der Waals surface area contributed by atoms with E-state index in [0.29, 0.717) is 11.1 Å². The van der Waals surface area contributed by atoms with Gasteiger partial charge in [-0.05, 0) is 37.8 Å². The van der Waals surface area contributed by atoms with Crippen molar-refractivity contribution in [1.82, 2.24) is 4.98 Å². The molecule has 1 aromatic rings. The molecule has 0 aliphatic carbocycles. The van der Waals surface area contributed by atoms with Crippen molar-refractivity contribution in [3.8, 4) is 0 Å². The lowest BCUT2D eigenvalue weighted by atomic mass is 9.92. The summed E-state index contributed by atoms with van der Waals surface area (Å²) in [6.45, 7) is 3.77. The van der Waals surface area contributed by atoms with E-state index in [1.54, 1.807) is 6.07 Å². The second-order valence-corrected chi connectivity index (χ2v) is 4.77. The molecule has 1 atom stereocenters. The summed E-state index contributed by atoms with van der Waals surface area (Å²) in [7, 11) is 0. The van der Waals surface area contributed by atoms with Gasteiger partial charge < -0.3 is 10.0 Å². The van der Waals surface area contributed by atoms with Gasteiger partial charge in [-0.15, -0.1) is 0 Å². The first-order valence-corrected chi connectivity index (χ1v) is 6.10. The third-order valence-corrected chi connectivity index (χ3v) is 3.46. The number of piperidine rings is 1. The van der Waals surface area contributed by atoms with E-state index in [-0.39, 0.29) is 6.10 Å². The van der Waals surface area contributed by atoms with Crippen LogP contribution in [0.5, 0.6) is 0 Å². The van der Waals surface area contributed by atoms with E-state index in [0.717, 1.165) is 31.7 Å². The molecule has 1 fully saturated rings. The van der Waals surface area contributed by atoms with Crippen molar-refractivity contribution in [3.63, 3.8) is 0 Å². The Hall–Kier alpha value is -0.800. The maximum Gasteiger partial charge on any atom is 0.131 e. The highest BCUT2D eigenvalue weighted by Crippen LogP contribution is 2.24. The standard InChI is InChI=1S/C12H17ClN2O/c1-9(16)10-5-7-15(8-6-10)12-4-2-3-11(13)14-12/h2-4,9-10,16H,5-8H2,1H3. The van der Waals surface area contributed by atoms with Gasteiger partial charge in [0, 0.05) is 13.1 Å². The maximum absolute atomic E-state index is 9.52. The van der Waals surface area contributed by atoms with Crippen molar-refractivity contribution >= 4 is 17.4 Å². The van der Waals surface area contributed by atoms with Gasteiger partial charge in [-0.3, -0.25) is 0 Å². The Morgan fingerprint density at radius 1 is 1.44 bits per heavy atom. The zero-order chi connectivity index (χ0) is 11.5. The molecule has 0 spiro atoms. The second-order valence-electron chi connectivity index (χ2n) is 4.38. The number of pyridine rings is 1. The normalized spacial score (nSPS) is 19.8. The molecular weight excluding hydrogens is 224 g/mol. The van der Waals surface area contributed by atoms with Gasteiger partial charge in [0.15, 0.2) is 0 Å². The van der Waals surface area contributed by atoms with Crippen LogP contribution >= 0.6 is 11.6 Å². The molecule has 1 unspecified atom stereocenters. The van der Waals surface area contributed by atoms with Crippen LogP contribution in [0.1, 0.15) is 19.8 Å². The predicted octanol–water partition coefficient (Wildman–Crippen LogP) is 2.33. The zero-order valence-electron chi connectivity index (χ0n) is 9.43. The summed E-state index contributed by atoms with van der Waals surface area (Å²) in [5, 5.41) is 10.1. The van der Waals surface area contributed by atoms with E-state index in [2.05, 4.69) is 9.88 Å². The summed E-state index contributed by atoms with van der Waals surface area (Å²) >= 11 is 5.87. The van der Waals surface area contributed by atoms with E-state index in [1.165, 1.54) is 0 Å². The quantitative estimate of drug-likeness (QED) is 0.807. The summed E-state index contributed by atoms with van der Waals surface area (Å²) in [5.41, 5.74) is 0. The number of anilines is 1. The van der Waals surface area contributed by atoms with Crippen LogP contribution in [0.15, 0.2) is 18.2 Å². The summed E-state index contributed by atoms with van der Waals surface area (Å²) in [5.74, 6) is 1.37. The first kappa shape index (κ1) is 11.7. The number of nitrogens with zero attached hydrogens (tertiary/aromatic N) is 2. The number of aliphatic hydroxyl groups excluding tert-OH is 1. The Morgan fingerprint density at radius 2 is 2.12 bits per heavy atom. The molecule has 2 rings (SSSR count). The van der Waals surface area contributed by atoms with Gasteiger partial charge in [0.1, 0.15) is 11.0 Å². The van der Waals surface area contributed by atoms with Crippen LogP contribution < -0.4 is 4.90 Å². The number of aliphatic hydroxyl groups is 1. The van der Waals surface area contributed by atoms with Gasteiger partial charge in [-0.2, -0.15) is 0 Å². The molecule has 16 heavy (non-hydrogen) atoms. The van der Waals surface area contributed by atoms with Crippen molar-refractivity contribution < 1.29 is 5.11 Å². The van der Waals surface area contributed by atoms with Crippen LogP contribution in [0, 0.1) is 5.92 Å². The summed E-state index contributed by atoms with van der Waals surface area (Å²) in [6.07, 6.45) is 1.84. The Labute approximate surface area is 101 Å². The molecule has 0 aromatic carbocycles. The van der Waals surface area contributed by atoms with Gasteiger partial charge >= 0.3 is 0 Å². The minimum Gasteiger partial charge on any atom is -0.393 e. The average Bonchev–Trinajstić information content (AvgIpc) is 2.29. The van der Waals surface area contributed by atoms with Gasteiger partial charge in [0.05, 0.1) is 6.10 Å². The number of halogens is 1. The largest absolute Gasteiger partial charge is 0.393 e. The SMILES string of the molecule is CC(O)C1CCN(c2cccc(Cl)n2)CC1. The topological polar surface area (TPSA) is 36.4 Å². The van der Waals surface area contributed by atoms with Crippen LogP contribution in [0.3, 0.4) is 0 Å². The number of hydrogen-bond acceptors (Lipinski definition) is 3. The molecule has 0 amide bonds. The van der Waals surface area contributed by atoms with Crippen LogP contribution in [0.25, 0.3) is 0 Å². The van der Waals surface area contributed by atoms with E-state index in [1.807, 2.05) is 19.1 Å². The number of aromatic nitrogens is 1. The predicted molar refractivity (Wildman–Crippen MR) is 65.9 cm³/mol. The van der Waals surface area contributed by atoms with Gasteiger partial charge in [0.2, 0.25) is 0 Å². The Kier molecular flexibility index (Phi) is 3.66. The minimum absolute atomic E-state index is 0.200. The van der Waals surface area contributed by atoms with Crippen LogP contribution in [0.2, 0.25) is 5.15 Å². The van der Waals surface area contributed by atoms with E-state index in [9.17, 15) is 5.11 Å². The molecule has 88 valence electrons. The first-order chi connectivity index (χ1) is 7.66. The highest BCUT2D eigenvalue weighted by Gasteiger charge is 2.23. The van der Waals surface area contributed by atoms with Gasteiger partial charge in [-0.25, -0.2) is 4.98 Å². The molecule has 1 aromatic heterocycles. The molecule has 3 nitrogen and oxygen atoms in total. The Morgan fingerprint density at radius 3 is 2.69 bits per heavy atom. The molecule has 4 heteroatoms. The van der Waals surface area contributed by atoms with E-state index >= 15 is 0 Å².